The lowest BCUT2D eigenvalue weighted by Gasteiger charge is -2.26. The smallest absolute Gasteiger partial charge is 0.143 e. The molecule has 0 amide bonds. The molecule has 0 aliphatic heterocycles. The molecule has 0 fully saturated rings. The van der Waals surface area contributed by atoms with E-state index in [9.17, 15) is 5.48 Å². The minimum Gasteiger partial charge on any atom is -0.455 e. The van der Waals surface area contributed by atoms with Crippen molar-refractivity contribution in [2.24, 2.45) is 0 Å². The highest BCUT2D eigenvalue weighted by atomic mass is 16.3. The Kier molecular flexibility index (Phi) is 6.82. The normalized spacial score (nSPS) is 13.5. The van der Waals surface area contributed by atoms with Gasteiger partial charge in [0, 0.05) is 55.3 Å². The van der Waals surface area contributed by atoms with Gasteiger partial charge in [-0.25, -0.2) is 0 Å². The van der Waals surface area contributed by atoms with Crippen molar-refractivity contribution in [3.8, 4) is 50.2 Å². The summed E-state index contributed by atoms with van der Waals surface area (Å²) in [6, 6.07) is 57.5. The van der Waals surface area contributed by atoms with Gasteiger partial charge in [-0.3, -0.25) is 0 Å². The lowest BCUT2D eigenvalue weighted by molar-refractivity contribution is 0.671. The number of anilines is 3. The Balaban J connectivity index is 1.01. The van der Waals surface area contributed by atoms with E-state index >= 15 is 0 Å². The summed E-state index contributed by atoms with van der Waals surface area (Å²) in [6.07, 6.45) is 0. The molecule has 0 saturated heterocycles. The van der Waals surface area contributed by atoms with Crippen LogP contribution in [-0.2, 0) is 0 Å². The maximum absolute atomic E-state index is 9.56. The molecular formula is C60H40N2O. The molecule has 63 heavy (non-hydrogen) atoms. The number of aromatic nitrogens is 1. The fraction of sp³-hybridized carbons (Fsp3) is 0. The molecule has 296 valence electrons. The third-order valence-electron chi connectivity index (χ3n) is 11.8. The Labute approximate surface area is 378 Å². The van der Waals surface area contributed by atoms with Gasteiger partial charge in [0.2, 0.25) is 0 Å². The molecule has 0 bridgehead atoms. The summed E-state index contributed by atoms with van der Waals surface area (Å²) in [5.41, 5.74) is 10.4. The molecule has 0 radical (unpaired) electrons. The average molecular weight is 814 g/mol. The van der Waals surface area contributed by atoms with Gasteiger partial charge in [0.05, 0.1) is 29.1 Å². The third kappa shape index (κ3) is 6.29. The molecular weight excluding hydrogens is 765 g/mol. The van der Waals surface area contributed by atoms with Gasteiger partial charge in [0.15, 0.2) is 0 Å². The molecule has 12 rings (SSSR count). The second kappa shape index (κ2) is 15.3. The van der Waals surface area contributed by atoms with E-state index in [0.717, 1.165) is 82.8 Å². The van der Waals surface area contributed by atoms with Crippen LogP contribution in [0.1, 0.15) is 12.3 Å². The molecule has 10 aromatic carbocycles. The van der Waals surface area contributed by atoms with E-state index in [1.807, 2.05) is 121 Å². The zero-order chi connectivity index (χ0) is 49.5. The number of furan rings is 1. The molecule has 3 heteroatoms. The van der Waals surface area contributed by atoms with E-state index in [1.54, 1.807) is 4.90 Å². The monoisotopic (exact) mass is 813 g/mol. The molecule has 0 spiro atoms. The Morgan fingerprint density at radius 3 is 1.40 bits per heavy atom. The number of benzene rings is 10. The van der Waals surface area contributed by atoms with Crippen molar-refractivity contribution in [2.75, 3.05) is 4.90 Å². The summed E-state index contributed by atoms with van der Waals surface area (Å²) in [7, 11) is 0. The van der Waals surface area contributed by atoms with Gasteiger partial charge in [-0.2, -0.15) is 0 Å². The molecule has 0 saturated carbocycles. The van der Waals surface area contributed by atoms with E-state index in [1.165, 1.54) is 0 Å². The van der Waals surface area contributed by atoms with Gasteiger partial charge in [0.1, 0.15) is 11.2 Å². The highest BCUT2D eigenvalue weighted by molar-refractivity contribution is 6.13. The van der Waals surface area contributed by atoms with Gasteiger partial charge < -0.3 is 13.9 Å². The van der Waals surface area contributed by atoms with Crippen LogP contribution in [0.2, 0.25) is 0 Å². The number of fused-ring (bicyclic) bond motifs is 6. The number of hydrogen-bond donors (Lipinski definition) is 0. The van der Waals surface area contributed by atoms with Gasteiger partial charge >= 0.3 is 0 Å². The molecule has 0 atom stereocenters. The molecule has 12 aromatic rings. The Morgan fingerprint density at radius 1 is 0.333 bits per heavy atom. The van der Waals surface area contributed by atoms with E-state index in [-0.39, 0.29) is 11.3 Å². The summed E-state index contributed by atoms with van der Waals surface area (Å²) < 4.78 is 89.0. The number of rotatable bonds is 8. The second-order valence-electron chi connectivity index (χ2n) is 15.4. The van der Waals surface area contributed by atoms with E-state index in [0.29, 0.717) is 11.4 Å². The standard InChI is InChI=1S/C60H40N2O/c1-3-15-41(16-4-1)42-29-35-46(36-30-42)61(47-37-31-44(32-38-47)49-19-7-10-26-56(49)62-57-27-11-8-20-52(57)53-21-9-12-28-58(53)62)48-39-33-45(34-40-48)51-23-14-25-55-54-24-13-22-50(59(54)63-60(51)55)43-17-5-2-6-18-43/h1-40H/i1D,3D,4D,15D,16D,29D,30D,35D,36D. The molecule has 3 nitrogen and oxygen atoms in total. The van der Waals surface area contributed by atoms with Crippen molar-refractivity contribution in [2.45, 2.75) is 0 Å². The van der Waals surface area contributed by atoms with Crippen molar-refractivity contribution < 1.29 is 16.8 Å². The molecule has 0 aliphatic rings. The predicted molar refractivity (Wildman–Crippen MR) is 264 cm³/mol. The van der Waals surface area contributed by atoms with Gasteiger partial charge in [-0.05, 0) is 82.4 Å². The first kappa shape index (κ1) is 28.2. The highest BCUT2D eigenvalue weighted by Crippen LogP contribution is 2.43. The van der Waals surface area contributed by atoms with Crippen LogP contribution >= 0.6 is 0 Å². The summed E-state index contributed by atoms with van der Waals surface area (Å²) in [5.74, 6) is 0. The topological polar surface area (TPSA) is 21.3 Å². The fourth-order valence-electron chi connectivity index (χ4n) is 8.89. The minimum atomic E-state index is -0.636. The maximum Gasteiger partial charge on any atom is 0.143 e. The largest absolute Gasteiger partial charge is 0.455 e. The van der Waals surface area contributed by atoms with Crippen LogP contribution in [-0.4, -0.2) is 4.57 Å². The van der Waals surface area contributed by atoms with Crippen LogP contribution in [0.15, 0.2) is 247 Å². The zero-order valence-corrected chi connectivity index (χ0v) is 33.7. The second-order valence-corrected chi connectivity index (χ2v) is 15.4. The quantitative estimate of drug-likeness (QED) is 0.152. The van der Waals surface area contributed by atoms with Crippen LogP contribution in [0, 0.1) is 0 Å². The first-order valence-corrected chi connectivity index (χ1v) is 20.8. The molecule has 2 aromatic heterocycles. The Hall–Kier alpha value is -8.40. The maximum atomic E-state index is 9.56. The van der Waals surface area contributed by atoms with Crippen LogP contribution < -0.4 is 4.90 Å². The van der Waals surface area contributed by atoms with Crippen molar-refractivity contribution in [1.29, 1.82) is 0 Å². The van der Waals surface area contributed by atoms with Gasteiger partial charge in [-0.1, -0.05) is 188 Å². The lowest BCUT2D eigenvalue weighted by Crippen LogP contribution is -2.09. The fourth-order valence-corrected chi connectivity index (χ4v) is 8.89. The van der Waals surface area contributed by atoms with E-state index in [4.69, 9.17) is 11.3 Å². The SMILES string of the molecule is [2H]c1c([2H])c([2H])c(-c2c([2H])c([2H])c(N(c3ccc(-c4ccccc4-n4c5ccccc5c5ccccc54)cc3)c3ccc(-c4cccc5c4oc4c(-c6ccccc6)cccc45)cc3)c([2H])c2[2H])c([2H])c1[2H]. The average Bonchev–Trinajstić information content (AvgIpc) is 3.98. The van der Waals surface area contributed by atoms with Crippen LogP contribution in [0.4, 0.5) is 17.1 Å². The predicted octanol–water partition coefficient (Wildman–Crippen LogP) is 16.8. The van der Waals surface area contributed by atoms with Gasteiger partial charge in [-0.15, -0.1) is 0 Å². The Morgan fingerprint density at radius 2 is 0.794 bits per heavy atom. The molecule has 0 N–H and O–H groups in total. The van der Waals surface area contributed by atoms with Crippen LogP contribution in [0.25, 0.3) is 93.9 Å². The van der Waals surface area contributed by atoms with E-state index in [2.05, 4.69) is 71.3 Å². The van der Waals surface area contributed by atoms with E-state index < -0.39 is 59.9 Å². The van der Waals surface area contributed by atoms with Crippen molar-refractivity contribution >= 4 is 60.8 Å². The number of nitrogens with zero attached hydrogens (tertiary/aromatic N) is 2. The van der Waals surface area contributed by atoms with Crippen molar-refractivity contribution in [3.05, 3.63) is 242 Å². The summed E-state index contributed by atoms with van der Waals surface area (Å²) >= 11 is 0. The number of hydrogen-bond acceptors (Lipinski definition) is 2. The first-order valence-electron chi connectivity index (χ1n) is 25.3. The van der Waals surface area contributed by atoms with Crippen LogP contribution in [0.5, 0.6) is 0 Å². The van der Waals surface area contributed by atoms with Crippen molar-refractivity contribution in [1.82, 2.24) is 4.57 Å². The third-order valence-corrected chi connectivity index (χ3v) is 11.8. The highest BCUT2D eigenvalue weighted by Gasteiger charge is 2.19. The summed E-state index contributed by atoms with van der Waals surface area (Å²) in [4.78, 5) is 1.67. The molecule has 2 heterocycles. The zero-order valence-electron chi connectivity index (χ0n) is 42.7. The molecule has 0 aliphatic carbocycles. The first-order chi connectivity index (χ1) is 35.0. The van der Waals surface area contributed by atoms with Crippen LogP contribution in [0.3, 0.4) is 0 Å². The van der Waals surface area contributed by atoms with Crippen molar-refractivity contribution in [3.63, 3.8) is 0 Å². The summed E-state index contributed by atoms with van der Waals surface area (Å²) in [6.45, 7) is 0. The summed E-state index contributed by atoms with van der Waals surface area (Å²) in [5, 5.41) is 4.24. The Bertz CT molecular complexity index is 4040. The van der Waals surface area contributed by atoms with Gasteiger partial charge in [0.25, 0.3) is 0 Å². The number of para-hydroxylation sites is 5. The molecule has 0 unspecified atom stereocenters. The lowest BCUT2D eigenvalue weighted by atomic mass is 9.99. The minimum absolute atomic E-state index is 0.0832.